The second-order valence-electron chi connectivity index (χ2n) is 7.68. The number of anilines is 1. The van der Waals surface area contributed by atoms with Gasteiger partial charge >= 0.3 is 0 Å². The highest BCUT2D eigenvalue weighted by Gasteiger charge is 2.43. The molecule has 1 aliphatic carbocycles. The average molecular weight is 386 g/mol. The molecule has 3 heterocycles. The molecule has 29 heavy (non-hydrogen) atoms. The first kappa shape index (κ1) is 17.7. The highest BCUT2D eigenvalue weighted by molar-refractivity contribution is 6.00. The molecule has 6 nitrogen and oxygen atoms in total. The van der Waals surface area contributed by atoms with Crippen molar-refractivity contribution in [1.82, 2.24) is 15.4 Å². The molecule has 2 atom stereocenters. The molecular formula is C23H22N4O2. The largest absolute Gasteiger partial charge is 0.469 e. The third-order valence-corrected chi connectivity index (χ3v) is 5.54. The highest BCUT2D eigenvalue weighted by Crippen LogP contribution is 2.44. The van der Waals surface area contributed by atoms with Crippen molar-refractivity contribution < 1.29 is 9.21 Å². The number of nitrogens with one attached hydrogen (secondary N) is 1. The van der Waals surface area contributed by atoms with Crippen LogP contribution in [0, 0.1) is 13.8 Å². The van der Waals surface area contributed by atoms with Gasteiger partial charge in [-0.05, 0) is 44.0 Å². The molecule has 1 aliphatic heterocycles. The number of hydrazine groups is 1. The lowest BCUT2D eigenvalue weighted by Gasteiger charge is -2.27. The number of benzene rings is 1. The molecule has 0 fully saturated rings. The minimum Gasteiger partial charge on any atom is -0.469 e. The number of carbonyl (C=O) groups excluding carboxylic acids is 1. The first-order valence-electron chi connectivity index (χ1n) is 9.83. The van der Waals surface area contributed by atoms with E-state index in [0.29, 0.717) is 12.4 Å². The van der Waals surface area contributed by atoms with Crippen LogP contribution in [0.4, 0.5) is 5.95 Å². The van der Waals surface area contributed by atoms with Crippen LogP contribution in [-0.4, -0.2) is 15.8 Å². The SMILES string of the molecule is Cc1cc(C)nc(N2NC3=C(C(=O)C[C@H](c4ccco4)C3)[C@@H]2c2ccccc2)n1. The minimum absolute atomic E-state index is 0.0419. The molecule has 0 unspecified atom stereocenters. The normalized spacial score (nSPS) is 21.3. The summed E-state index contributed by atoms with van der Waals surface area (Å²) in [7, 11) is 0. The molecular weight excluding hydrogens is 364 g/mol. The van der Waals surface area contributed by atoms with E-state index in [0.717, 1.165) is 40.4 Å². The standard InChI is InChI=1S/C23H22N4O2/c1-14-11-15(2)25-23(24-14)27-22(16-7-4-3-5-8-16)21-18(26-27)12-17(13-19(21)28)20-9-6-10-29-20/h3-11,17,22,26H,12-13H2,1-2H3/t17-,22+/m1/s1. The van der Waals surface area contributed by atoms with Crippen LogP contribution in [0.1, 0.15) is 47.5 Å². The summed E-state index contributed by atoms with van der Waals surface area (Å²) in [6.45, 7) is 3.91. The third-order valence-electron chi connectivity index (χ3n) is 5.54. The Labute approximate surface area is 169 Å². The van der Waals surface area contributed by atoms with E-state index in [1.54, 1.807) is 6.26 Å². The topological polar surface area (TPSA) is 71.3 Å². The van der Waals surface area contributed by atoms with E-state index in [2.05, 4.69) is 15.4 Å². The van der Waals surface area contributed by atoms with Gasteiger partial charge < -0.3 is 4.42 Å². The lowest BCUT2D eigenvalue weighted by Crippen LogP contribution is -2.36. The van der Waals surface area contributed by atoms with Crippen LogP contribution in [0.5, 0.6) is 0 Å². The number of Topliss-reactive ketones (excluding diaryl/α,β-unsaturated/α-hetero) is 1. The second kappa shape index (κ2) is 6.88. The highest BCUT2D eigenvalue weighted by atomic mass is 16.3. The van der Waals surface area contributed by atoms with E-state index in [9.17, 15) is 4.79 Å². The second-order valence-corrected chi connectivity index (χ2v) is 7.68. The Morgan fingerprint density at radius 1 is 1.03 bits per heavy atom. The van der Waals surface area contributed by atoms with Gasteiger partial charge in [0.25, 0.3) is 0 Å². The van der Waals surface area contributed by atoms with Gasteiger partial charge in [-0.2, -0.15) is 0 Å². The molecule has 0 spiro atoms. The number of aryl methyl sites for hydroxylation is 2. The summed E-state index contributed by atoms with van der Waals surface area (Å²) in [5.74, 6) is 1.61. The molecule has 0 bridgehead atoms. The monoisotopic (exact) mass is 386 g/mol. The molecule has 1 aromatic carbocycles. The van der Waals surface area contributed by atoms with Gasteiger partial charge in [0.2, 0.25) is 5.95 Å². The molecule has 2 aromatic heterocycles. The number of ketones is 1. The molecule has 6 heteroatoms. The summed E-state index contributed by atoms with van der Waals surface area (Å²) in [4.78, 5) is 22.5. The summed E-state index contributed by atoms with van der Waals surface area (Å²) in [6.07, 6.45) is 2.83. The number of hydrogen-bond acceptors (Lipinski definition) is 6. The molecule has 0 radical (unpaired) electrons. The number of hydrogen-bond donors (Lipinski definition) is 1. The predicted octanol–water partition coefficient (Wildman–Crippen LogP) is 4.15. The van der Waals surface area contributed by atoms with Crippen molar-refractivity contribution in [3.8, 4) is 0 Å². The van der Waals surface area contributed by atoms with Crippen LogP contribution < -0.4 is 10.4 Å². The maximum atomic E-state index is 13.3. The number of aromatic nitrogens is 2. The summed E-state index contributed by atoms with van der Waals surface area (Å²) in [5.41, 5.74) is 8.02. The molecule has 1 N–H and O–H groups in total. The van der Waals surface area contributed by atoms with Crippen LogP contribution in [0.25, 0.3) is 0 Å². The smallest absolute Gasteiger partial charge is 0.245 e. The summed E-state index contributed by atoms with van der Waals surface area (Å²) < 4.78 is 5.58. The van der Waals surface area contributed by atoms with Crippen molar-refractivity contribution in [2.75, 3.05) is 5.01 Å². The maximum Gasteiger partial charge on any atom is 0.245 e. The molecule has 0 saturated heterocycles. The van der Waals surface area contributed by atoms with Crippen molar-refractivity contribution in [3.05, 3.63) is 88.8 Å². The summed E-state index contributed by atoms with van der Waals surface area (Å²) >= 11 is 0. The van der Waals surface area contributed by atoms with Crippen LogP contribution in [0.2, 0.25) is 0 Å². The Morgan fingerprint density at radius 3 is 2.48 bits per heavy atom. The minimum atomic E-state index is -0.252. The lowest BCUT2D eigenvalue weighted by molar-refractivity contribution is -0.116. The van der Waals surface area contributed by atoms with Crippen molar-refractivity contribution >= 4 is 11.7 Å². The summed E-state index contributed by atoms with van der Waals surface area (Å²) in [6, 6.07) is 15.6. The van der Waals surface area contributed by atoms with E-state index in [1.165, 1.54) is 0 Å². The molecule has 146 valence electrons. The average Bonchev–Trinajstić information content (AvgIpc) is 3.36. The Bertz CT molecular complexity index is 1070. The first-order chi connectivity index (χ1) is 14.1. The van der Waals surface area contributed by atoms with E-state index in [1.807, 2.05) is 67.4 Å². The van der Waals surface area contributed by atoms with E-state index in [-0.39, 0.29) is 17.7 Å². The van der Waals surface area contributed by atoms with Crippen LogP contribution in [-0.2, 0) is 4.79 Å². The van der Waals surface area contributed by atoms with Gasteiger partial charge in [-0.25, -0.2) is 15.0 Å². The fraction of sp³-hybridized carbons (Fsp3) is 0.261. The Balaban J connectivity index is 1.59. The Hall–Kier alpha value is -3.41. The number of rotatable bonds is 3. The molecule has 5 rings (SSSR count). The predicted molar refractivity (Wildman–Crippen MR) is 109 cm³/mol. The summed E-state index contributed by atoms with van der Waals surface area (Å²) in [5, 5.41) is 1.93. The molecule has 3 aromatic rings. The zero-order valence-electron chi connectivity index (χ0n) is 16.4. The van der Waals surface area contributed by atoms with Gasteiger partial charge in [-0.3, -0.25) is 10.2 Å². The molecule has 0 amide bonds. The zero-order valence-corrected chi connectivity index (χ0v) is 16.4. The van der Waals surface area contributed by atoms with E-state index < -0.39 is 0 Å². The number of carbonyl (C=O) groups is 1. The first-order valence-corrected chi connectivity index (χ1v) is 9.83. The maximum absolute atomic E-state index is 13.3. The van der Waals surface area contributed by atoms with Gasteiger partial charge in [0.05, 0.1) is 6.26 Å². The van der Waals surface area contributed by atoms with Gasteiger partial charge in [-0.15, -0.1) is 0 Å². The molecule has 0 saturated carbocycles. The van der Waals surface area contributed by atoms with Crippen molar-refractivity contribution in [3.63, 3.8) is 0 Å². The Kier molecular flexibility index (Phi) is 4.19. The lowest BCUT2D eigenvalue weighted by atomic mass is 9.81. The Morgan fingerprint density at radius 2 is 1.79 bits per heavy atom. The number of furan rings is 1. The van der Waals surface area contributed by atoms with Gasteiger partial charge in [0.1, 0.15) is 11.8 Å². The van der Waals surface area contributed by atoms with Crippen molar-refractivity contribution in [1.29, 1.82) is 0 Å². The van der Waals surface area contributed by atoms with Gasteiger partial charge in [0.15, 0.2) is 5.78 Å². The van der Waals surface area contributed by atoms with Crippen LogP contribution >= 0.6 is 0 Å². The van der Waals surface area contributed by atoms with Crippen molar-refractivity contribution in [2.45, 2.75) is 38.6 Å². The van der Waals surface area contributed by atoms with E-state index >= 15 is 0 Å². The van der Waals surface area contributed by atoms with Crippen LogP contribution in [0.3, 0.4) is 0 Å². The van der Waals surface area contributed by atoms with Gasteiger partial charge in [-0.1, -0.05) is 30.3 Å². The van der Waals surface area contributed by atoms with E-state index in [4.69, 9.17) is 4.42 Å². The fourth-order valence-corrected chi connectivity index (χ4v) is 4.35. The quantitative estimate of drug-likeness (QED) is 0.729. The number of allylic oxidation sites excluding steroid dienone is 1. The van der Waals surface area contributed by atoms with Crippen LogP contribution in [0.15, 0.2) is 70.5 Å². The van der Waals surface area contributed by atoms with Gasteiger partial charge in [0, 0.05) is 35.0 Å². The van der Waals surface area contributed by atoms with Crippen molar-refractivity contribution in [2.24, 2.45) is 0 Å². The zero-order chi connectivity index (χ0) is 20.0. The number of nitrogens with zero attached hydrogens (tertiary/aromatic N) is 3. The fourth-order valence-electron chi connectivity index (χ4n) is 4.35. The molecule has 2 aliphatic rings. The third kappa shape index (κ3) is 3.10.